The van der Waals surface area contributed by atoms with E-state index >= 15 is 0 Å². The minimum Gasteiger partial charge on any atom is -0.444 e. The fraction of sp³-hybridized carbons (Fsp3) is 0.318. The van der Waals surface area contributed by atoms with Gasteiger partial charge in [0.2, 0.25) is 0 Å². The van der Waals surface area contributed by atoms with Gasteiger partial charge in [-0.05, 0) is 69.2 Å². The van der Waals surface area contributed by atoms with E-state index in [1.165, 1.54) is 0 Å². The predicted molar refractivity (Wildman–Crippen MR) is 118 cm³/mol. The van der Waals surface area contributed by atoms with Crippen molar-refractivity contribution in [2.75, 3.05) is 16.4 Å². The second kappa shape index (κ2) is 9.09. The fourth-order valence-corrected chi connectivity index (χ4v) is 4.14. The minimum absolute atomic E-state index is 0.194. The maximum absolute atomic E-state index is 12.5. The molecule has 0 spiro atoms. The lowest BCUT2D eigenvalue weighted by Gasteiger charge is -2.27. The topological polar surface area (TPSA) is 103 Å². The summed E-state index contributed by atoms with van der Waals surface area (Å²) in [6.45, 7) is 5.42. The van der Waals surface area contributed by atoms with Gasteiger partial charge in [0, 0.05) is 22.0 Å². The summed E-state index contributed by atoms with van der Waals surface area (Å²) in [5.74, 6) is 0.876. The van der Waals surface area contributed by atoms with Gasteiger partial charge in [0.1, 0.15) is 5.60 Å². The highest BCUT2D eigenvalue weighted by Crippen LogP contribution is 2.37. The van der Waals surface area contributed by atoms with Crippen LogP contribution in [0.4, 0.5) is 21.0 Å². The van der Waals surface area contributed by atoms with Gasteiger partial charge in [-0.2, -0.15) is 5.26 Å². The van der Waals surface area contributed by atoms with Crippen LogP contribution in [0.1, 0.15) is 44.4 Å². The van der Waals surface area contributed by atoms with Gasteiger partial charge in [-0.15, -0.1) is 11.8 Å². The Kier molecular flexibility index (Phi) is 6.53. The number of fused-ring (bicyclic) bond motifs is 1. The molecule has 3 amide bonds. The number of rotatable bonds is 3. The van der Waals surface area contributed by atoms with Gasteiger partial charge in [-0.3, -0.25) is 5.32 Å². The van der Waals surface area contributed by atoms with Crippen LogP contribution in [-0.4, -0.2) is 23.5 Å². The number of nitrogens with zero attached hydrogens (tertiary/aromatic N) is 1. The molecule has 0 fully saturated rings. The number of amides is 3. The van der Waals surface area contributed by atoms with Crippen LogP contribution < -0.4 is 16.0 Å². The standard InChI is InChI=1S/C22H24N4O3S/c1-22(2,3)29-21(28)25-16-7-8-19-17(12-16)18(9-10-30-19)26-20(27)24-15-6-4-5-14(11-15)13-23/h4-8,11-12,18H,9-10H2,1-3H3,(H,25,28)(H2,24,26,27)/t18-/m0/s1. The Morgan fingerprint density at radius 2 is 1.90 bits per heavy atom. The molecule has 1 atom stereocenters. The van der Waals surface area contributed by atoms with E-state index in [-0.39, 0.29) is 12.1 Å². The monoisotopic (exact) mass is 424 g/mol. The quantitative estimate of drug-likeness (QED) is 0.623. The molecule has 3 rings (SSSR count). The highest BCUT2D eigenvalue weighted by molar-refractivity contribution is 7.99. The van der Waals surface area contributed by atoms with Crippen molar-refractivity contribution in [2.24, 2.45) is 0 Å². The zero-order valence-electron chi connectivity index (χ0n) is 17.1. The van der Waals surface area contributed by atoms with Gasteiger partial charge in [0.05, 0.1) is 17.7 Å². The maximum Gasteiger partial charge on any atom is 0.412 e. The first-order chi connectivity index (χ1) is 14.2. The molecule has 3 N–H and O–H groups in total. The van der Waals surface area contributed by atoms with E-state index in [1.54, 1.807) is 56.8 Å². The number of nitriles is 1. The Bertz CT molecular complexity index is 995. The summed E-state index contributed by atoms with van der Waals surface area (Å²) in [6.07, 6.45) is 0.240. The maximum atomic E-state index is 12.5. The number of benzene rings is 2. The third-order valence-electron chi connectivity index (χ3n) is 4.25. The molecule has 156 valence electrons. The lowest BCUT2D eigenvalue weighted by molar-refractivity contribution is 0.0636. The number of ether oxygens (including phenoxy) is 1. The van der Waals surface area contributed by atoms with Crippen molar-refractivity contribution in [1.82, 2.24) is 5.32 Å². The number of urea groups is 1. The van der Waals surface area contributed by atoms with Crippen molar-refractivity contribution in [3.05, 3.63) is 53.6 Å². The summed E-state index contributed by atoms with van der Waals surface area (Å²) in [6, 6.07) is 13.9. The molecule has 0 aliphatic carbocycles. The normalized spacial score (nSPS) is 15.3. The van der Waals surface area contributed by atoms with Crippen molar-refractivity contribution in [2.45, 2.75) is 43.7 Å². The van der Waals surface area contributed by atoms with Gasteiger partial charge in [-0.1, -0.05) is 6.07 Å². The first-order valence-electron chi connectivity index (χ1n) is 9.58. The van der Waals surface area contributed by atoms with Crippen molar-refractivity contribution in [1.29, 1.82) is 5.26 Å². The smallest absolute Gasteiger partial charge is 0.412 e. The van der Waals surface area contributed by atoms with Crippen LogP contribution in [0.25, 0.3) is 0 Å². The molecule has 1 heterocycles. The van der Waals surface area contributed by atoms with E-state index < -0.39 is 11.7 Å². The van der Waals surface area contributed by atoms with Gasteiger partial charge in [0.25, 0.3) is 0 Å². The largest absolute Gasteiger partial charge is 0.444 e. The molecule has 0 saturated carbocycles. The van der Waals surface area contributed by atoms with E-state index in [4.69, 9.17) is 10.00 Å². The number of hydrogen-bond donors (Lipinski definition) is 3. The van der Waals surface area contributed by atoms with Crippen molar-refractivity contribution < 1.29 is 14.3 Å². The number of carbonyl (C=O) groups is 2. The molecule has 0 aromatic heterocycles. The molecule has 1 aliphatic rings. The number of nitrogens with one attached hydrogen (secondary N) is 3. The summed E-state index contributed by atoms with van der Waals surface area (Å²) in [7, 11) is 0. The van der Waals surface area contributed by atoms with Crippen LogP contribution in [0.15, 0.2) is 47.4 Å². The van der Waals surface area contributed by atoms with Gasteiger partial charge in [-0.25, -0.2) is 9.59 Å². The Morgan fingerprint density at radius 1 is 1.13 bits per heavy atom. The number of anilines is 2. The van der Waals surface area contributed by atoms with Crippen LogP contribution in [0, 0.1) is 11.3 Å². The summed E-state index contributed by atoms with van der Waals surface area (Å²) < 4.78 is 5.30. The van der Waals surface area contributed by atoms with E-state index in [1.807, 2.05) is 18.2 Å². The Balaban J connectivity index is 1.70. The van der Waals surface area contributed by atoms with Crippen molar-refractivity contribution >= 4 is 35.3 Å². The highest BCUT2D eigenvalue weighted by atomic mass is 32.2. The first-order valence-corrected chi connectivity index (χ1v) is 10.6. The first kappa shape index (κ1) is 21.5. The van der Waals surface area contributed by atoms with Gasteiger partial charge < -0.3 is 15.4 Å². The number of thioether (sulfide) groups is 1. The molecular formula is C22H24N4O3S. The van der Waals surface area contributed by atoms with Gasteiger partial charge >= 0.3 is 12.1 Å². The van der Waals surface area contributed by atoms with Crippen molar-refractivity contribution in [3.8, 4) is 6.07 Å². The second-order valence-electron chi connectivity index (χ2n) is 7.86. The summed E-state index contributed by atoms with van der Waals surface area (Å²) >= 11 is 1.71. The molecule has 30 heavy (non-hydrogen) atoms. The van der Waals surface area contributed by atoms with Crippen LogP contribution in [0.5, 0.6) is 0 Å². The molecule has 8 heteroatoms. The van der Waals surface area contributed by atoms with E-state index in [2.05, 4.69) is 22.0 Å². The second-order valence-corrected chi connectivity index (χ2v) is 9.00. The zero-order chi connectivity index (χ0) is 21.7. The minimum atomic E-state index is -0.584. The molecule has 2 aromatic carbocycles. The van der Waals surface area contributed by atoms with Crippen molar-refractivity contribution in [3.63, 3.8) is 0 Å². The average Bonchev–Trinajstić information content (AvgIpc) is 2.67. The Morgan fingerprint density at radius 3 is 2.63 bits per heavy atom. The third kappa shape index (κ3) is 5.91. The summed E-state index contributed by atoms with van der Waals surface area (Å²) in [4.78, 5) is 25.6. The number of carbonyl (C=O) groups excluding carboxylic acids is 2. The van der Waals surface area contributed by atoms with E-state index in [9.17, 15) is 9.59 Å². The van der Waals surface area contributed by atoms with Gasteiger partial charge in [0.15, 0.2) is 0 Å². The molecule has 0 bridgehead atoms. The lowest BCUT2D eigenvalue weighted by atomic mass is 10.0. The average molecular weight is 425 g/mol. The van der Waals surface area contributed by atoms with Crippen LogP contribution >= 0.6 is 11.8 Å². The predicted octanol–water partition coefficient (Wildman–Crippen LogP) is 5.26. The Labute approximate surface area is 180 Å². The third-order valence-corrected chi connectivity index (χ3v) is 5.37. The molecule has 1 aliphatic heterocycles. The molecule has 7 nitrogen and oxygen atoms in total. The molecule has 0 unspecified atom stereocenters. The molecule has 0 radical (unpaired) electrons. The van der Waals surface area contributed by atoms with Crippen LogP contribution in [0.2, 0.25) is 0 Å². The van der Waals surface area contributed by atoms with E-state index in [0.717, 1.165) is 22.6 Å². The lowest BCUT2D eigenvalue weighted by Crippen LogP contribution is -2.34. The van der Waals surface area contributed by atoms with Crippen LogP contribution in [-0.2, 0) is 4.74 Å². The van der Waals surface area contributed by atoms with E-state index in [0.29, 0.717) is 16.9 Å². The molecule has 0 saturated heterocycles. The molecular weight excluding hydrogens is 400 g/mol. The highest BCUT2D eigenvalue weighted by Gasteiger charge is 2.24. The summed E-state index contributed by atoms with van der Waals surface area (Å²) in [5, 5.41) is 17.5. The van der Waals surface area contributed by atoms with Crippen LogP contribution in [0.3, 0.4) is 0 Å². The molecule has 2 aromatic rings. The Hall–Kier alpha value is -3.18. The zero-order valence-corrected chi connectivity index (χ0v) is 17.9. The summed E-state index contributed by atoms with van der Waals surface area (Å²) in [5.41, 5.74) is 2.00. The fourth-order valence-electron chi connectivity index (χ4n) is 3.04. The number of hydrogen-bond acceptors (Lipinski definition) is 5. The SMILES string of the molecule is CC(C)(C)OC(=O)Nc1ccc2c(c1)[C@@H](NC(=O)Nc1cccc(C#N)c1)CCS2.